The number of thiophene rings is 1. The van der Waals surface area contributed by atoms with Crippen molar-refractivity contribution in [1.82, 2.24) is 9.62 Å². The fourth-order valence-electron chi connectivity index (χ4n) is 1.66. The molecule has 0 amide bonds. The van der Waals surface area contributed by atoms with Crippen molar-refractivity contribution in [1.29, 1.82) is 0 Å². The molecule has 2 aromatic rings. The number of rotatable bonds is 6. The normalized spacial score (nSPS) is 12.2. The van der Waals surface area contributed by atoms with Gasteiger partial charge < -0.3 is 9.73 Å². The molecule has 0 aromatic carbocycles. The van der Waals surface area contributed by atoms with E-state index in [2.05, 4.69) is 5.32 Å². The highest BCUT2D eigenvalue weighted by Crippen LogP contribution is 2.25. The molecule has 0 radical (unpaired) electrons. The summed E-state index contributed by atoms with van der Waals surface area (Å²) in [5.41, 5.74) is 0. The van der Waals surface area contributed by atoms with Crippen molar-refractivity contribution >= 4 is 33.0 Å². The van der Waals surface area contributed by atoms with E-state index in [4.69, 9.17) is 16.0 Å². The molecule has 2 rings (SSSR count). The highest BCUT2D eigenvalue weighted by molar-refractivity contribution is 7.88. The Morgan fingerprint density at radius 1 is 1.35 bits per heavy atom. The van der Waals surface area contributed by atoms with Crippen LogP contribution in [0.4, 0.5) is 0 Å². The van der Waals surface area contributed by atoms with E-state index in [1.54, 1.807) is 19.2 Å². The number of furan rings is 1. The third kappa shape index (κ3) is 3.42. The minimum atomic E-state index is -3.62. The summed E-state index contributed by atoms with van der Waals surface area (Å²) < 4.78 is 31.9. The van der Waals surface area contributed by atoms with Crippen molar-refractivity contribution in [3.8, 4) is 0 Å². The smallest absolute Gasteiger partial charge is 0.276 e. The average molecular weight is 335 g/mol. The predicted molar refractivity (Wildman–Crippen MR) is 79.5 cm³/mol. The quantitative estimate of drug-likeness (QED) is 0.881. The minimum Gasteiger partial charge on any atom is -0.447 e. The maximum absolute atomic E-state index is 12.3. The number of nitrogens with one attached hydrogen (secondary N) is 1. The second-order valence-corrected chi connectivity index (χ2v) is 7.99. The maximum Gasteiger partial charge on any atom is 0.276 e. The molecule has 0 saturated carbocycles. The molecule has 0 unspecified atom stereocenters. The molecule has 2 aromatic heterocycles. The van der Waals surface area contributed by atoms with Gasteiger partial charge in [0.25, 0.3) is 10.0 Å². The summed E-state index contributed by atoms with van der Waals surface area (Å²) in [4.78, 5) is 0.878. The fourth-order valence-corrected chi connectivity index (χ4v) is 3.95. The Hall–Kier alpha value is -0.860. The summed E-state index contributed by atoms with van der Waals surface area (Å²) in [6.07, 6.45) is 0. The lowest BCUT2D eigenvalue weighted by atomic mass is 10.4. The van der Waals surface area contributed by atoms with Gasteiger partial charge in [-0.15, -0.1) is 11.3 Å². The number of hydrogen-bond acceptors (Lipinski definition) is 5. The second kappa shape index (κ2) is 6.28. The molecule has 0 bridgehead atoms. The first-order chi connectivity index (χ1) is 9.43. The van der Waals surface area contributed by atoms with E-state index in [9.17, 15) is 8.42 Å². The second-order valence-electron chi connectivity index (χ2n) is 4.22. The fraction of sp³-hybridized carbons (Fsp3) is 0.333. The van der Waals surface area contributed by atoms with Crippen LogP contribution < -0.4 is 5.32 Å². The highest BCUT2D eigenvalue weighted by Gasteiger charge is 2.25. The molecule has 0 saturated heterocycles. The van der Waals surface area contributed by atoms with E-state index in [1.807, 2.05) is 6.07 Å². The number of halogens is 1. The predicted octanol–water partition coefficient (Wildman–Crippen LogP) is 2.53. The molecule has 0 atom stereocenters. The van der Waals surface area contributed by atoms with E-state index in [0.717, 1.165) is 4.88 Å². The van der Waals surface area contributed by atoms with Gasteiger partial charge in [0, 0.05) is 18.5 Å². The third-order valence-corrected chi connectivity index (χ3v) is 5.55. The minimum absolute atomic E-state index is 0.0482. The zero-order chi connectivity index (χ0) is 14.8. The van der Waals surface area contributed by atoms with Crippen LogP contribution in [-0.4, -0.2) is 26.8 Å². The molecule has 20 heavy (non-hydrogen) atoms. The summed E-state index contributed by atoms with van der Waals surface area (Å²) in [5, 5.41) is 2.86. The molecule has 1 N–H and O–H groups in total. The number of hydrogen-bond donors (Lipinski definition) is 1. The van der Waals surface area contributed by atoms with Crippen LogP contribution in [0.5, 0.6) is 0 Å². The summed E-state index contributed by atoms with van der Waals surface area (Å²) in [5.74, 6) is 0.582. The Morgan fingerprint density at radius 2 is 2.10 bits per heavy atom. The topological polar surface area (TPSA) is 62.6 Å². The van der Waals surface area contributed by atoms with E-state index < -0.39 is 10.0 Å². The Kier molecular flexibility index (Phi) is 4.87. The summed E-state index contributed by atoms with van der Waals surface area (Å²) in [6, 6.07) is 6.69. The molecule has 8 heteroatoms. The lowest BCUT2D eigenvalue weighted by Gasteiger charge is -2.14. The van der Waals surface area contributed by atoms with Crippen molar-refractivity contribution in [2.75, 3.05) is 14.1 Å². The van der Waals surface area contributed by atoms with Crippen LogP contribution in [0.1, 0.15) is 10.6 Å². The Balaban J connectivity index is 2.15. The lowest BCUT2D eigenvalue weighted by Crippen LogP contribution is -2.25. The molecule has 0 fully saturated rings. The number of sulfonamides is 1. The van der Waals surface area contributed by atoms with Gasteiger partial charge in [-0.25, -0.2) is 8.42 Å². The van der Waals surface area contributed by atoms with Gasteiger partial charge in [0.15, 0.2) is 0 Å². The first kappa shape index (κ1) is 15.5. The largest absolute Gasteiger partial charge is 0.447 e. The van der Waals surface area contributed by atoms with Crippen LogP contribution >= 0.6 is 22.9 Å². The first-order valence-corrected chi connectivity index (χ1v) is 8.51. The third-order valence-electron chi connectivity index (χ3n) is 2.66. The molecule has 2 heterocycles. The van der Waals surface area contributed by atoms with E-state index in [0.29, 0.717) is 16.6 Å². The molecular formula is C12H15ClN2O3S2. The summed E-state index contributed by atoms with van der Waals surface area (Å²) in [7, 11) is -0.339. The SMILES string of the molecule is CNCc1ccc(S(=O)(=O)N(C)Cc2ccc(Cl)s2)o1. The summed E-state index contributed by atoms with van der Waals surface area (Å²) in [6.45, 7) is 0.752. The van der Waals surface area contributed by atoms with Crippen molar-refractivity contribution in [3.63, 3.8) is 0 Å². The monoisotopic (exact) mass is 334 g/mol. The zero-order valence-corrected chi connectivity index (χ0v) is 13.5. The Bertz CT molecular complexity index is 678. The van der Waals surface area contributed by atoms with Gasteiger partial charge in [-0.1, -0.05) is 11.6 Å². The lowest BCUT2D eigenvalue weighted by molar-refractivity contribution is 0.383. The molecule has 0 aliphatic carbocycles. The number of nitrogens with zero attached hydrogens (tertiary/aromatic N) is 1. The van der Waals surface area contributed by atoms with Crippen molar-refractivity contribution in [3.05, 3.63) is 39.2 Å². The maximum atomic E-state index is 12.3. The molecule has 0 aliphatic rings. The van der Waals surface area contributed by atoms with Crippen LogP contribution in [0.15, 0.2) is 33.8 Å². The van der Waals surface area contributed by atoms with Crippen molar-refractivity contribution < 1.29 is 12.8 Å². The highest BCUT2D eigenvalue weighted by atomic mass is 35.5. The first-order valence-electron chi connectivity index (χ1n) is 5.87. The molecular weight excluding hydrogens is 320 g/mol. The van der Waals surface area contributed by atoms with E-state index in [1.165, 1.54) is 28.8 Å². The summed E-state index contributed by atoms with van der Waals surface area (Å²) >= 11 is 7.20. The van der Waals surface area contributed by atoms with Gasteiger partial charge in [-0.05, 0) is 31.3 Å². The van der Waals surface area contributed by atoms with Gasteiger partial charge >= 0.3 is 0 Å². The van der Waals surface area contributed by atoms with E-state index >= 15 is 0 Å². The van der Waals surface area contributed by atoms with Crippen LogP contribution in [-0.2, 0) is 23.1 Å². The Labute approximate surface area is 127 Å². The van der Waals surface area contributed by atoms with Gasteiger partial charge in [0.05, 0.1) is 10.9 Å². The standard InChI is InChI=1S/C12H15ClN2O3S2/c1-14-7-9-3-6-12(18-9)20(16,17)15(2)8-10-4-5-11(13)19-10/h3-6,14H,7-8H2,1-2H3. The Morgan fingerprint density at radius 3 is 2.70 bits per heavy atom. The van der Waals surface area contributed by atoms with Gasteiger partial charge in [-0.2, -0.15) is 4.31 Å². The zero-order valence-electron chi connectivity index (χ0n) is 11.1. The van der Waals surface area contributed by atoms with Gasteiger partial charge in [0.1, 0.15) is 5.76 Å². The van der Waals surface area contributed by atoms with Crippen LogP contribution in [0.2, 0.25) is 4.34 Å². The van der Waals surface area contributed by atoms with Crippen molar-refractivity contribution in [2.45, 2.75) is 18.2 Å². The average Bonchev–Trinajstić information content (AvgIpc) is 2.99. The van der Waals surface area contributed by atoms with Crippen molar-refractivity contribution in [2.24, 2.45) is 0 Å². The van der Waals surface area contributed by atoms with Crippen LogP contribution in [0.25, 0.3) is 0 Å². The molecule has 110 valence electrons. The van der Waals surface area contributed by atoms with E-state index in [-0.39, 0.29) is 11.6 Å². The molecule has 0 aliphatic heterocycles. The van der Waals surface area contributed by atoms with Crippen LogP contribution in [0.3, 0.4) is 0 Å². The molecule has 0 spiro atoms. The van der Waals surface area contributed by atoms with Crippen LogP contribution in [0, 0.1) is 0 Å². The van der Waals surface area contributed by atoms with Gasteiger partial charge in [-0.3, -0.25) is 0 Å². The van der Waals surface area contributed by atoms with Gasteiger partial charge in [0.2, 0.25) is 5.09 Å². The molecule has 5 nitrogen and oxygen atoms in total.